The van der Waals surface area contributed by atoms with E-state index in [9.17, 15) is 4.79 Å². The number of amides is 2. The van der Waals surface area contributed by atoms with Crippen LogP contribution >= 0.6 is 23.1 Å². The Labute approximate surface area is 156 Å². The third kappa shape index (κ3) is 4.13. The Balaban J connectivity index is 1.28. The highest BCUT2D eigenvalue weighted by atomic mass is 32.2. The zero-order valence-electron chi connectivity index (χ0n) is 14.4. The van der Waals surface area contributed by atoms with Gasteiger partial charge in [0.15, 0.2) is 4.34 Å². The number of carbonyl (C=O) groups excluding carboxylic acids is 1. The largest absolute Gasteiger partial charge is 0.372 e. The molecule has 25 heavy (non-hydrogen) atoms. The van der Waals surface area contributed by atoms with Crippen molar-refractivity contribution in [1.82, 2.24) is 15.6 Å². The molecule has 0 spiro atoms. The van der Waals surface area contributed by atoms with Gasteiger partial charge in [0.05, 0.1) is 24.5 Å². The molecular formula is C17H25N3O3S2. The molecular weight excluding hydrogens is 358 g/mol. The van der Waals surface area contributed by atoms with Crippen LogP contribution in [-0.4, -0.2) is 53.8 Å². The Morgan fingerprint density at radius 1 is 1.20 bits per heavy atom. The highest BCUT2D eigenvalue weighted by Gasteiger charge is 2.48. The minimum absolute atomic E-state index is 0.0224. The van der Waals surface area contributed by atoms with Crippen molar-refractivity contribution in [3.05, 3.63) is 11.1 Å². The first kappa shape index (κ1) is 17.6. The van der Waals surface area contributed by atoms with Gasteiger partial charge < -0.3 is 20.1 Å². The van der Waals surface area contributed by atoms with E-state index in [2.05, 4.69) is 21.0 Å². The highest BCUT2D eigenvalue weighted by Crippen LogP contribution is 2.38. The molecule has 138 valence electrons. The Hall–Kier alpha value is -0.830. The van der Waals surface area contributed by atoms with E-state index in [1.165, 1.54) is 19.3 Å². The molecule has 1 aromatic rings. The van der Waals surface area contributed by atoms with Crippen LogP contribution in [0, 0.1) is 6.92 Å². The van der Waals surface area contributed by atoms with Crippen LogP contribution in [0.3, 0.4) is 0 Å². The van der Waals surface area contributed by atoms with Crippen LogP contribution in [-0.2, 0) is 9.47 Å². The second kappa shape index (κ2) is 7.82. The average molecular weight is 384 g/mol. The van der Waals surface area contributed by atoms with Crippen molar-refractivity contribution < 1.29 is 14.3 Å². The summed E-state index contributed by atoms with van der Waals surface area (Å²) in [6.45, 7) is 3.16. The fourth-order valence-corrected chi connectivity index (χ4v) is 6.08. The molecule has 6 nitrogen and oxygen atoms in total. The van der Waals surface area contributed by atoms with E-state index < -0.39 is 0 Å². The maximum Gasteiger partial charge on any atom is 0.315 e. The Kier molecular flexibility index (Phi) is 5.50. The number of aromatic nitrogens is 1. The van der Waals surface area contributed by atoms with E-state index in [-0.39, 0.29) is 29.5 Å². The van der Waals surface area contributed by atoms with Crippen molar-refractivity contribution in [2.75, 3.05) is 13.2 Å². The topological polar surface area (TPSA) is 72.5 Å². The average Bonchev–Trinajstić information content (AvgIpc) is 3.28. The Morgan fingerprint density at radius 2 is 2.00 bits per heavy atom. The highest BCUT2D eigenvalue weighted by molar-refractivity contribution is 8.01. The lowest BCUT2D eigenvalue weighted by molar-refractivity contribution is 0.0693. The normalized spacial score (nSPS) is 32.5. The molecule has 4 rings (SSSR count). The van der Waals surface area contributed by atoms with Gasteiger partial charge in [0.2, 0.25) is 0 Å². The minimum Gasteiger partial charge on any atom is -0.372 e. The first-order valence-corrected chi connectivity index (χ1v) is 10.8. The van der Waals surface area contributed by atoms with E-state index in [0.29, 0.717) is 19.3 Å². The molecule has 0 unspecified atom stereocenters. The third-order valence-corrected chi connectivity index (χ3v) is 7.44. The second-order valence-electron chi connectivity index (χ2n) is 7.07. The van der Waals surface area contributed by atoms with E-state index >= 15 is 0 Å². The summed E-state index contributed by atoms with van der Waals surface area (Å²) in [4.78, 5) is 16.8. The number of ether oxygens (including phenoxy) is 2. The second-order valence-corrected chi connectivity index (χ2v) is 9.41. The molecule has 1 saturated carbocycles. The Bertz CT molecular complexity index is 606. The summed E-state index contributed by atoms with van der Waals surface area (Å²) in [5.41, 5.74) is 1.05. The number of nitrogens with one attached hydrogen (secondary N) is 2. The fraction of sp³-hybridized carbons (Fsp3) is 0.765. The summed E-state index contributed by atoms with van der Waals surface area (Å²) in [6, 6.07) is 0.154. The number of hydrogen-bond donors (Lipinski definition) is 2. The molecule has 2 aliphatic heterocycles. The van der Waals surface area contributed by atoms with Crippen molar-refractivity contribution in [1.29, 1.82) is 0 Å². The summed E-state index contributed by atoms with van der Waals surface area (Å²) >= 11 is 3.39. The summed E-state index contributed by atoms with van der Waals surface area (Å²) in [5, 5.41) is 8.47. The summed E-state index contributed by atoms with van der Waals surface area (Å²) in [6.07, 6.45) is 5.84. The van der Waals surface area contributed by atoms with Crippen molar-refractivity contribution in [2.45, 2.75) is 72.9 Å². The van der Waals surface area contributed by atoms with E-state index in [4.69, 9.17) is 9.47 Å². The molecule has 3 heterocycles. The lowest BCUT2D eigenvalue weighted by Gasteiger charge is -2.24. The minimum atomic E-state index is -0.0867. The molecule has 3 aliphatic rings. The number of nitrogens with zero attached hydrogens (tertiary/aromatic N) is 1. The standard InChI is InChI=1S/C17H25N3O3S2/c1-10-9-24-17(18-10)25-13-8-23-14-12(7-22-15(13)14)20-16(21)19-11-5-3-2-4-6-11/h9,11-15H,2-8H2,1H3,(H2,19,20,21)/t12-,13-,14+,15+/m0/s1. The number of rotatable bonds is 4. The van der Waals surface area contributed by atoms with Crippen LogP contribution in [0.4, 0.5) is 4.79 Å². The van der Waals surface area contributed by atoms with Gasteiger partial charge in [-0.15, -0.1) is 11.3 Å². The summed E-state index contributed by atoms with van der Waals surface area (Å²) in [7, 11) is 0. The van der Waals surface area contributed by atoms with Crippen LogP contribution in [0.2, 0.25) is 0 Å². The SMILES string of the molecule is Cc1csc(S[C@H]2CO[C@H]3[C@@H]2OC[C@@H]3NC(=O)NC2CCCCC2)n1. The molecule has 1 aliphatic carbocycles. The monoisotopic (exact) mass is 383 g/mol. The van der Waals surface area contributed by atoms with Crippen molar-refractivity contribution in [3.63, 3.8) is 0 Å². The number of carbonyl (C=O) groups is 1. The zero-order chi connectivity index (χ0) is 17.2. The molecule has 2 amide bonds. The van der Waals surface area contributed by atoms with Gasteiger partial charge in [-0.05, 0) is 19.8 Å². The zero-order valence-corrected chi connectivity index (χ0v) is 16.0. The molecule has 0 radical (unpaired) electrons. The van der Waals surface area contributed by atoms with Gasteiger partial charge in [-0.3, -0.25) is 0 Å². The number of hydrogen-bond acceptors (Lipinski definition) is 6. The molecule has 1 aromatic heterocycles. The fourth-order valence-electron chi connectivity index (χ4n) is 3.85. The smallest absolute Gasteiger partial charge is 0.315 e. The number of fused-ring (bicyclic) bond motifs is 1. The molecule has 3 fully saturated rings. The maximum absolute atomic E-state index is 12.3. The predicted molar refractivity (Wildman–Crippen MR) is 98.3 cm³/mol. The molecule has 0 bridgehead atoms. The predicted octanol–water partition coefficient (Wildman–Crippen LogP) is 2.71. The lowest BCUT2D eigenvalue weighted by atomic mass is 9.96. The molecule has 4 atom stereocenters. The van der Waals surface area contributed by atoms with Crippen LogP contribution in [0.5, 0.6) is 0 Å². The van der Waals surface area contributed by atoms with E-state index in [0.717, 1.165) is 22.9 Å². The lowest BCUT2D eigenvalue weighted by Crippen LogP contribution is -2.51. The van der Waals surface area contributed by atoms with Crippen LogP contribution in [0.25, 0.3) is 0 Å². The molecule has 0 aromatic carbocycles. The molecule has 8 heteroatoms. The summed E-state index contributed by atoms with van der Waals surface area (Å²) < 4.78 is 13.0. The van der Waals surface area contributed by atoms with E-state index in [1.807, 2.05) is 6.92 Å². The van der Waals surface area contributed by atoms with Gasteiger partial charge in [-0.2, -0.15) is 0 Å². The van der Waals surface area contributed by atoms with Crippen LogP contribution in [0.1, 0.15) is 37.8 Å². The number of thioether (sulfide) groups is 1. The van der Waals surface area contributed by atoms with Gasteiger partial charge in [0, 0.05) is 17.1 Å². The van der Waals surface area contributed by atoms with Crippen molar-refractivity contribution in [3.8, 4) is 0 Å². The Morgan fingerprint density at radius 3 is 2.76 bits per heavy atom. The number of thiazole rings is 1. The van der Waals surface area contributed by atoms with Gasteiger partial charge in [-0.25, -0.2) is 9.78 Å². The maximum atomic E-state index is 12.3. The third-order valence-electron chi connectivity index (χ3n) is 5.11. The van der Waals surface area contributed by atoms with Gasteiger partial charge in [0.25, 0.3) is 0 Å². The van der Waals surface area contributed by atoms with Crippen molar-refractivity contribution >= 4 is 29.1 Å². The van der Waals surface area contributed by atoms with Crippen molar-refractivity contribution in [2.24, 2.45) is 0 Å². The first-order valence-electron chi connectivity index (χ1n) is 9.08. The number of urea groups is 1. The van der Waals surface area contributed by atoms with Gasteiger partial charge in [0.1, 0.15) is 12.2 Å². The van der Waals surface area contributed by atoms with Gasteiger partial charge in [-0.1, -0.05) is 31.0 Å². The van der Waals surface area contributed by atoms with Crippen LogP contribution < -0.4 is 10.6 Å². The van der Waals surface area contributed by atoms with Gasteiger partial charge >= 0.3 is 6.03 Å². The molecule has 2 saturated heterocycles. The molecule has 2 N–H and O–H groups in total. The van der Waals surface area contributed by atoms with Crippen LogP contribution in [0.15, 0.2) is 9.72 Å². The van der Waals surface area contributed by atoms with E-state index in [1.54, 1.807) is 23.1 Å². The summed E-state index contributed by atoms with van der Waals surface area (Å²) in [5.74, 6) is 0. The first-order chi connectivity index (χ1) is 12.2. The quantitative estimate of drug-likeness (QED) is 0.836. The number of aryl methyl sites for hydroxylation is 1.